The molecule has 0 saturated carbocycles. The third-order valence-corrected chi connectivity index (χ3v) is 4.03. The Labute approximate surface area is 157 Å². The lowest BCUT2D eigenvalue weighted by Gasteiger charge is -2.16. The van der Waals surface area contributed by atoms with Gasteiger partial charge in [0.1, 0.15) is 17.9 Å². The Morgan fingerprint density at radius 1 is 0.962 bits per heavy atom. The Morgan fingerprint density at radius 2 is 1.54 bits per heavy atom. The molecule has 5 nitrogen and oxygen atoms in total. The molecule has 0 bridgehead atoms. The van der Waals surface area contributed by atoms with Crippen LogP contribution in [0.2, 0.25) is 0 Å². The summed E-state index contributed by atoms with van der Waals surface area (Å²) in [5.74, 6) is -0.298. The highest BCUT2D eigenvalue weighted by atomic mass is 32.1. The summed E-state index contributed by atoms with van der Waals surface area (Å²) in [4.78, 5) is 23.7. The normalized spacial score (nSPS) is 13.9. The summed E-state index contributed by atoms with van der Waals surface area (Å²) in [6.45, 7) is 4.59. The van der Waals surface area contributed by atoms with Gasteiger partial charge in [0.2, 0.25) is 0 Å². The number of carbonyl (C=O) groups is 2. The van der Waals surface area contributed by atoms with Crippen LogP contribution in [-0.2, 0) is 16.2 Å². The van der Waals surface area contributed by atoms with Crippen molar-refractivity contribution in [2.24, 2.45) is 0 Å². The van der Waals surface area contributed by atoms with E-state index >= 15 is 0 Å². The van der Waals surface area contributed by atoms with Crippen LogP contribution >= 0.6 is 12.2 Å². The molecule has 2 N–H and O–H groups in total. The summed E-state index contributed by atoms with van der Waals surface area (Å²) in [5.41, 5.74) is 4.25. The van der Waals surface area contributed by atoms with Gasteiger partial charge in [0.15, 0.2) is 5.11 Å². The minimum absolute atomic E-state index is 0.0162. The average Bonchev–Trinajstić information content (AvgIpc) is 2.56. The number of rotatable bonds is 4. The molecule has 0 spiro atoms. The molecule has 1 fully saturated rings. The van der Waals surface area contributed by atoms with Crippen molar-refractivity contribution >= 4 is 35.2 Å². The van der Waals surface area contributed by atoms with Gasteiger partial charge >= 0.3 is 0 Å². The Balaban J connectivity index is 1.68. The SMILES string of the molecule is Cc1cc(C)cc(COc2ccc(C=C3C(=O)NC(=S)NC3=O)cc2)c1. The largest absolute Gasteiger partial charge is 0.489 e. The summed E-state index contributed by atoms with van der Waals surface area (Å²) in [6.07, 6.45) is 1.51. The molecule has 2 aromatic rings. The first-order valence-corrected chi connectivity index (χ1v) is 8.50. The van der Waals surface area contributed by atoms with Crippen molar-refractivity contribution in [3.63, 3.8) is 0 Å². The number of aryl methyl sites for hydroxylation is 2. The van der Waals surface area contributed by atoms with Crippen molar-refractivity contribution in [3.8, 4) is 5.75 Å². The van der Waals surface area contributed by atoms with Crippen molar-refractivity contribution in [3.05, 3.63) is 70.3 Å². The van der Waals surface area contributed by atoms with Crippen molar-refractivity contribution in [1.29, 1.82) is 0 Å². The molecular weight excluding hydrogens is 348 g/mol. The molecule has 1 saturated heterocycles. The highest BCUT2D eigenvalue weighted by Gasteiger charge is 2.25. The van der Waals surface area contributed by atoms with E-state index in [0.717, 1.165) is 11.1 Å². The van der Waals surface area contributed by atoms with Gasteiger partial charge < -0.3 is 4.74 Å². The van der Waals surface area contributed by atoms with Crippen LogP contribution in [0.3, 0.4) is 0 Å². The third kappa shape index (κ3) is 4.34. The van der Waals surface area contributed by atoms with E-state index in [1.54, 1.807) is 24.3 Å². The Bertz CT molecular complexity index is 875. The molecule has 2 amide bonds. The molecule has 0 aliphatic carbocycles. The second kappa shape index (κ2) is 7.49. The lowest BCUT2D eigenvalue weighted by molar-refractivity contribution is -0.123. The second-order valence-corrected chi connectivity index (χ2v) is 6.56. The van der Waals surface area contributed by atoms with Crippen LogP contribution in [0.1, 0.15) is 22.3 Å². The summed E-state index contributed by atoms with van der Waals surface area (Å²) in [6, 6.07) is 13.5. The van der Waals surface area contributed by atoms with E-state index in [-0.39, 0.29) is 10.7 Å². The number of thiocarbonyl (C=S) groups is 1. The van der Waals surface area contributed by atoms with Crippen LogP contribution in [0.25, 0.3) is 6.08 Å². The van der Waals surface area contributed by atoms with Crippen LogP contribution in [0.4, 0.5) is 0 Å². The zero-order valence-corrected chi connectivity index (χ0v) is 15.3. The Kier molecular flexibility index (Phi) is 5.14. The zero-order chi connectivity index (χ0) is 18.7. The first-order chi connectivity index (χ1) is 12.4. The molecule has 132 valence electrons. The molecule has 0 radical (unpaired) electrons. The van der Waals surface area contributed by atoms with E-state index in [4.69, 9.17) is 17.0 Å². The number of carbonyl (C=O) groups excluding carboxylic acids is 2. The number of hydrogen-bond acceptors (Lipinski definition) is 4. The molecule has 0 atom stereocenters. The monoisotopic (exact) mass is 366 g/mol. The highest BCUT2D eigenvalue weighted by molar-refractivity contribution is 7.80. The molecule has 1 aliphatic rings. The zero-order valence-electron chi connectivity index (χ0n) is 14.5. The van der Waals surface area contributed by atoms with Gasteiger partial charge in [-0.25, -0.2) is 0 Å². The van der Waals surface area contributed by atoms with Crippen LogP contribution in [0.5, 0.6) is 5.75 Å². The number of ether oxygens (including phenoxy) is 1. The third-order valence-electron chi connectivity index (χ3n) is 3.82. The fourth-order valence-corrected chi connectivity index (χ4v) is 2.94. The van der Waals surface area contributed by atoms with Gasteiger partial charge in [-0.3, -0.25) is 20.2 Å². The number of benzene rings is 2. The standard InChI is InChI=1S/C20H18N2O3S/c1-12-7-13(2)9-15(8-12)11-25-16-5-3-14(4-6-16)10-17-18(23)21-20(26)22-19(17)24/h3-10H,11H2,1-2H3,(H2,21,22,23,24,26). The van der Waals surface area contributed by atoms with Crippen molar-refractivity contribution in [2.45, 2.75) is 20.5 Å². The van der Waals surface area contributed by atoms with E-state index in [1.165, 1.54) is 17.2 Å². The molecule has 2 aromatic carbocycles. The fraction of sp³-hybridized carbons (Fsp3) is 0.150. The minimum atomic E-state index is -0.506. The predicted molar refractivity (Wildman–Crippen MR) is 104 cm³/mol. The summed E-state index contributed by atoms with van der Waals surface area (Å²) in [7, 11) is 0. The molecule has 1 aliphatic heterocycles. The molecular formula is C20H18N2O3S. The quantitative estimate of drug-likeness (QED) is 0.496. The maximum absolute atomic E-state index is 11.8. The summed E-state index contributed by atoms with van der Waals surface area (Å²) in [5, 5.41) is 4.83. The van der Waals surface area contributed by atoms with Gasteiger partial charge in [0, 0.05) is 0 Å². The van der Waals surface area contributed by atoms with Gasteiger partial charge in [-0.2, -0.15) is 0 Å². The van der Waals surface area contributed by atoms with Crippen LogP contribution < -0.4 is 15.4 Å². The smallest absolute Gasteiger partial charge is 0.263 e. The van der Waals surface area contributed by atoms with E-state index in [2.05, 4.69) is 42.7 Å². The van der Waals surface area contributed by atoms with Crippen molar-refractivity contribution in [1.82, 2.24) is 10.6 Å². The molecule has 0 unspecified atom stereocenters. The minimum Gasteiger partial charge on any atom is -0.489 e. The lowest BCUT2D eigenvalue weighted by atomic mass is 10.1. The first-order valence-electron chi connectivity index (χ1n) is 8.09. The van der Waals surface area contributed by atoms with E-state index in [1.807, 2.05) is 0 Å². The molecule has 26 heavy (non-hydrogen) atoms. The van der Waals surface area contributed by atoms with Crippen LogP contribution in [0.15, 0.2) is 48.0 Å². The predicted octanol–water partition coefficient (Wildman–Crippen LogP) is 2.80. The van der Waals surface area contributed by atoms with Gasteiger partial charge in [-0.15, -0.1) is 0 Å². The van der Waals surface area contributed by atoms with Crippen LogP contribution in [0, 0.1) is 13.8 Å². The van der Waals surface area contributed by atoms with E-state index in [9.17, 15) is 9.59 Å². The highest BCUT2D eigenvalue weighted by Crippen LogP contribution is 2.18. The van der Waals surface area contributed by atoms with E-state index in [0.29, 0.717) is 12.4 Å². The van der Waals surface area contributed by atoms with Gasteiger partial charge in [0.05, 0.1) is 0 Å². The molecule has 3 rings (SSSR count). The number of amides is 2. The average molecular weight is 366 g/mol. The second-order valence-electron chi connectivity index (χ2n) is 6.15. The van der Waals surface area contributed by atoms with Crippen LogP contribution in [-0.4, -0.2) is 16.9 Å². The maximum Gasteiger partial charge on any atom is 0.263 e. The fourth-order valence-electron chi connectivity index (χ4n) is 2.75. The molecule has 0 aromatic heterocycles. The molecule has 6 heteroatoms. The van der Waals surface area contributed by atoms with Crippen molar-refractivity contribution in [2.75, 3.05) is 0 Å². The van der Waals surface area contributed by atoms with Gasteiger partial charge in [0.25, 0.3) is 11.8 Å². The van der Waals surface area contributed by atoms with Gasteiger partial charge in [-0.05, 0) is 55.4 Å². The van der Waals surface area contributed by atoms with E-state index < -0.39 is 11.8 Å². The Morgan fingerprint density at radius 3 is 2.12 bits per heavy atom. The van der Waals surface area contributed by atoms with Crippen molar-refractivity contribution < 1.29 is 14.3 Å². The number of hydrogen-bond donors (Lipinski definition) is 2. The summed E-state index contributed by atoms with van der Waals surface area (Å²) >= 11 is 4.77. The maximum atomic E-state index is 11.8. The summed E-state index contributed by atoms with van der Waals surface area (Å²) < 4.78 is 5.81. The lowest BCUT2D eigenvalue weighted by Crippen LogP contribution is -2.51. The number of nitrogens with one attached hydrogen (secondary N) is 2. The first kappa shape index (κ1) is 17.8. The van der Waals surface area contributed by atoms with Gasteiger partial charge in [-0.1, -0.05) is 41.5 Å². The topological polar surface area (TPSA) is 67.4 Å². The Hall–Kier alpha value is -2.99. The molecule has 1 heterocycles.